The van der Waals surface area contributed by atoms with Gasteiger partial charge in [-0.3, -0.25) is 4.79 Å². The maximum Gasteiger partial charge on any atom is 0.243 e. The molecule has 0 unspecified atom stereocenters. The number of amides is 1. The van der Waals surface area contributed by atoms with Crippen molar-refractivity contribution >= 4 is 31.9 Å². The van der Waals surface area contributed by atoms with Gasteiger partial charge in [0.05, 0.1) is 10.8 Å². The number of rotatable bonds is 7. The fourth-order valence-corrected chi connectivity index (χ4v) is 5.38. The fraction of sp³-hybridized carbons (Fsp3) is 0.409. The summed E-state index contributed by atoms with van der Waals surface area (Å²) in [6, 6.07) is 16.9. The summed E-state index contributed by atoms with van der Waals surface area (Å²) in [7, 11) is -3.59. The molecule has 1 aliphatic heterocycles. The highest BCUT2D eigenvalue weighted by molar-refractivity contribution is 9.10. The Morgan fingerprint density at radius 1 is 1.17 bits per heavy atom. The number of hydrogen-bond acceptors (Lipinski definition) is 3. The molecule has 156 valence electrons. The van der Waals surface area contributed by atoms with Crippen molar-refractivity contribution in [3.63, 3.8) is 0 Å². The van der Waals surface area contributed by atoms with E-state index < -0.39 is 10.0 Å². The van der Waals surface area contributed by atoms with Gasteiger partial charge in [0.25, 0.3) is 0 Å². The molecule has 0 aliphatic carbocycles. The van der Waals surface area contributed by atoms with Crippen molar-refractivity contribution in [2.45, 2.75) is 43.5 Å². The van der Waals surface area contributed by atoms with Crippen LogP contribution in [0.1, 0.15) is 31.7 Å². The topological polar surface area (TPSA) is 66.5 Å². The number of nitrogens with zero attached hydrogens (tertiary/aromatic N) is 1. The van der Waals surface area contributed by atoms with Crippen molar-refractivity contribution in [2.75, 3.05) is 13.1 Å². The lowest BCUT2D eigenvalue weighted by Crippen LogP contribution is -2.47. The summed E-state index contributed by atoms with van der Waals surface area (Å²) in [5.41, 5.74) is 1.25. The first-order valence-corrected chi connectivity index (χ1v) is 12.2. The number of carbonyl (C=O) groups is 1. The maximum absolute atomic E-state index is 12.9. The van der Waals surface area contributed by atoms with Crippen LogP contribution in [0.4, 0.5) is 0 Å². The van der Waals surface area contributed by atoms with Crippen LogP contribution in [0.2, 0.25) is 0 Å². The second-order valence-corrected chi connectivity index (χ2v) is 10.4. The van der Waals surface area contributed by atoms with Gasteiger partial charge in [-0.1, -0.05) is 46.3 Å². The molecule has 0 bridgehead atoms. The molecule has 1 saturated heterocycles. The predicted octanol–water partition coefficient (Wildman–Crippen LogP) is 3.99. The molecule has 2 aromatic carbocycles. The highest BCUT2D eigenvalue weighted by Crippen LogP contribution is 2.25. The van der Waals surface area contributed by atoms with Crippen molar-refractivity contribution in [1.82, 2.24) is 9.62 Å². The molecule has 1 aliphatic rings. The van der Waals surface area contributed by atoms with E-state index in [1.54, 1.807) is 24.3 Å². The first-order chi connectivity index (χ1) is 13.9. The zero-order valence-corrected chi connectivity index (χ0v) is 19.0. The average molecular weight is 479 g/mol. The quantitative estimate of drug-likeness (QED) is 0.653. The summed E-state index contributed by atoms with van der Waals surface area (Å²) < 4.78 is 28.1. The Labute approximate surface area is 181 Å². The molecular formula is C22H27BrN2O3S. The van der Waals surface area contributed by atoms with E-state index in [2.05, 4.69) is 33.4 Å². The first kappa shape index (κ1) is 22.0. The Hall–Kier alpha value is -1.70. The second kappa shape index (κ2) is 9.87. The van der Waals surface area contributed by atoms with E-state index in [-0.39, 0.29) is 29.3 Å². The highest BCUT2D eigenvalue weighted by atomic mass is 79.9. The predicted molar refractivity (Wildman–Crippen MR) is 118 cm³/mol. The van der Waals surface area contributed by atoms with Crippen molar-refractivity contribution < 1.29 is 13.2 Å². The zero-order chi connectivity index (χ0) is 20.9. The van der Waals surface area contributed by atoms with Crippen LogP contribution in [0.25, 0.3) is 0 Å². The molecule has 5 nitrogen and oxygen atoms in total. The van der Waals surface area contributed by atoms with Gasteiger partial charge in [0.1, 0.15) is 0 Å². The standard InChI is InChI=1S/C22H27BrN2O3S/c1-17(9-10-18-6-3-2-4-7-18)24-22(26)19-8-5-15-25(16-19)29(27,28)21-13-11-20(23)12-14-21/h2-4,6-7,11-14,17,19H,5,8-10,15-16H2,1H3,(H,24,26)/t17-,19-/m1/s1. The second-order valence-electron chi connectivity index (χ2n) is 7.59. The number of carbonyl (C=O) groups excluding carboxylic acids is 1. The van der Waals surface area contributed by atoms with Gasteiger partial charge < -0.3 is 5.32 Å². The van der Waals surface area contributed by atoms with Crippen molar-refractivity contribution in [3.05, 3.63) is 64.6 Å². The van der Waals surface area contributed by atoms with E-state index in [9.17, 15) is 13.2 Å². The van der Waals surface area contributed by atoms with Crippen molar-refractivity contribution in [2.24, 2.45) is 5.92 Å². The molecule has 0 aromatic heterocycles. The van der Waals surface area contributed by atoms with Crippen molar-refractivity contribution in [1.29, 1.82) is 0 Å². The SMILES string of the molecule is C[C@H](CCc1ccccc1)NC(=O)[C@@H]1CCCN(S(=O)(=O)c2ccc(Br)cc2)C1. The van der Waals surface area contributed by atoms with Crippen LogP contribution >= 0.6 is 15.9 Å². The minimum absolute atomic E-state index is 0.0427. The van der Waals surface area contributed by atoms with Gasteiger partial charge in [-0.15, -0.1) is 0 Å². The largest absolute Gasteiger partial charge is 0.353 e. The molecule has 1 N–H and O–H groups in total. The summed E-state index contributed by atoms with van der Waals surface area (Å²) in [6.45, 7) is 2.68. The van der Waals surface area contributed by atoms with E-state index in [4.69, 9.17) is 0 Å². The number of hydrogen-bond donors (Lipinski definition) is 1. The van der Waals surface area contributed by atoms with Crippen molar-refractivity contribution in [3.8, 4) is 0 Å². The zero-order valence-electron chi connectivity index (χ0n) is 16.6. The van der Waals surface area contributed by atoms with Crippen LogP contribution in [-0.2, 0) is 21.2 Å². The molecule has 1 fully saturated rings. The minimum atomic E-state index is -3.59. The van der Waals surface area contributed by atoms with Gasteiger partial charge in [0, 0.05) is 23.6 Å². The first-order valence-electron chi connectivity index (χ1n) is 9.96. The van der Waals surface area contributed by atoms with Crippen LogP contribution in [-0.4, -0.2) is 37.8 Å². The Morgan fingerprint density at radius 2 is 1.86 bits per heavy atom. The summed E-state index contributed by atoms with van der Waals surface area (Å²) in [4.78, 5) is 13.0. The van der Waals surface area contributed by atoms with Crippen LogP contribution in [0, 0.1) is 5.92 Å². The number of aryl methyl sites for hydroxylation is 1. The summed E-state index contributed by atoms with van der Waals surface area (Å²) in [5.74, 6) is -0.366. The third-order valence-electron chi connectivity index (χ3n) is 5.30. The Morgan fingerprint density at radius 3 is 2.55 bits per heavy atom. The molecule has 3 rings (SSSR count). The average Bonchev–Trinajstić information content (AvgIpc) is 2.73. The Bertz CT molecular complexity index is 917. The molecule has 0 spiro atoms. The summed E-state index contributed by atoms with van der Waals surface area (Å²) in [5, 5.41) is 3.07. The van der Waals surface area contributed by atoms with E-state index in [1.807, 2.05) is 25.1 Å². The summed E-state index contributed by atoms with van der Waals surface area (Å²) >= 11 is 3.33. The molecule has 0 saturated carbocycles. The molecule has 1 heterocycles. The van der Waals surface area contributed by atoms with Gasteiger partial charge in [0.15, 0.2) is 0 Å². The smallest absolute Gasteiger partial charge is 0.243 e. The molecule has 0 radical (unpaired) electrons. The fourth-order valence-electron chi connectivity index (χ4n) is 3.59. The van der Waals surface area contributed by atoms with Crippen LogP contribution < -0.4 is 5.32 Å². The third-order valence-corrected chi connectivity index (χ3v) is 7.71. The van der Waals surface area contributed by atoms with E-state index in [0.717, 1.165) is 17.3 Å². The molecule has 7 heteroatoms. The summed E-state index contributed by atoms with van der Waals surface area (Å²) in [6.07, 6.45) is 3.15. The van der Waals surface area contributed by atoms with Gasteiger partial charge in [-0.05, 0) is 62.4 Å². The minimum Gasteiger partial charge on any atom is -0.353 e. The Kier molecular flexibility index (Phi) is 7.49. The van der Waals surface area contributed by atoms with Crippen LogP contribution in [0.5, 0.6) is 0 Å². The van der Waals surface area contributed by atoms with Crippen LogP contribution in [0.15, 0.2) is 64.0 Å². The number of piperidine rings is 1. The Balaban J connectivity index is 1.56. The van der Waals surface area contributed by atoms with Crippen LogP contribution in [0.3, 0.4) is 0 Å². The van der Waals surface area contributed by atoms with E-state index >= 15 is 0 Å². The number of benzene rings is 2. The lowest BCUT2D eigenvalue weighted by Gasteiger charge is -2.32. The molecule has 29 heavy (non-hydrogen) atoms. The number of nitrogens with one attached hydrogen (secondary N) is 1. The molecular weight excluding hydrogens is 452 g/mol. The molecule has 1 amide bonds. The number of halogens is 1. The van der Waals surface area contributed by atoms with E-state index in [0.29, 0.717) is 19.4 Å². The monoisotopic (exact) mass is 478 g/mol. The lowest BCUT2D eigenvalue weighted by atomic mass is 9.98. The molecule has 2 aromatic rings. The lowest BCUT2D eigenvalue weighted by molar-refractivity contribution is -0.126. The van der Waals surface area contributed by atoms with E-state index in [1.165, 1.54) is 9.87 Å². The maximum atomic E-state index is 12.9. The molecule has 2 atom stereocenters. The highest BCUT2D eigenvalue weighted by Gasteiger charge is 2.33. The normalized spacial score (nSPS) is 18.9. The van der Waals surface area contributed by atoms with Gasteiger partial charge in [-0.25, -0.2) is 8.42 Å². The third kappa shape index (κ3) is 5.90. The van der Waals surface area contributed by atoms with Gasteiger partial charge in [-0.2, -0.15) is 4.31 Å². The van der Waals surface area contributed by atoms with Gasteiger partial charge >= 0.3 is 0 Å². The number of sulfonamides is 1. The van der Waals surface area contributed by atoms with Gasteiger partial charge in [0.2, 0.25) is 15.9 Å².